The zero-order chi connectivity index (χ0) is 23.9. The van der Waals surface area contributed by atoms with Gasteiger partial charge in [0.1, 0.15) is 0 Å². The summed E-state index contributed by atoms with van der Waals surface area (Å²) in [6, 6.07) is 7.10. The molecule has 1 aromatic rings. The van der Waals surface area contributed by atoms with Crippen molar-refractivity contribution in [1.82, 2.24) is 5.48 Å². The molecule has 0 radical (unpaired) electrons. The predicted molar refractivity (Wildman–Crippen MR) is 138 cm³/mol. The number of carbonyl (C=O) groups excluding carboxylic acids is 1. The molecule has 2 unspecified atom stereocenters. The molecular formula is C30H46N2O2. The number of rotatable bonds is 6. The number of nitrogens with one attached hydrogen (secondary N) is 1. The summed E-state index contributed by atoms with van der Waals surface area (Å²) < 4.78 is 0. The number of hydrogen-bond donors (Lipinski definition) is 2. The molecule has 3 N–H and O–H groups in total. The first-order valence-corrected chi connectivity index (χ1v) is 14.1. The van der Waals surface area contributed by atoms with Crippen LogP contribution in [0.1, 0.15) is 97.8 Å². The smallest absolute Gasteiger partial charge is 0.252 e. The van der Waals surface area contributed by atoms with Crippen molar-refractivity contribution >= 4 is 11.6 Å². The van der Waals surface area contributed by atoms with Crippen LogP contribution in [-0.2, 0) is 4.79 Å². The summed E-state index contributed by atoms with van der Waals surface area (Å²) in [4.78, 5) is 17.9. The summed E-state index contributed by atoms with van der Waals surface area (Å²) in [5.41, 5.74) is 10.1. The number of hydrogen-bond acceptors (Lipinski definition) is 3. The van der Waals surface area contributed by atoms with E-state index in [1.54, 1.807) is 24.3 Å². The van der Waals surface area contributed by atoms with Crippen molar-refractivity contribution in [3.8, 4) is 5.75 Å². The molecule has 4 saturated carbocycles. The summed E-state index contributed by atoms with van der Waals surface area (Å²) in [5.74, 6) is 5.73. The summed E-state index contributed by atoms with van der Waals surface area (Å²) in [5, 5.41) is 0. The molecule has 0 spiro atoms. The molecule has 4 fully saturated rings. The normalized spacial score (nSPS) is 39.9. The van der Waals surface area contributed by atoms with Crippen molar-refractivity contribution in [1.29, 1.82) is 0 Å². The summed E-state index contributed by atoms with van der Waals surface area (Å²) >= 11 is 0. The maximum Gasteiger partial charge on any atom is 0.252 e. The number of nitrogen functional groups attached to an aromatic ring is 1. The highest BCUT2D eigenvalue weighted by molar-refractivity contribution is 5.74. The summed E-state index contributed by atoms with van der Waals surface area (Å²) in [6.45, 7) is 7.70. The van der Waals surface area contributed by atoms with Crippen LogP contribution in [0.5, 0.6) is 5.75 Å². The minimum Gasteiger partial charge on any atom is -0.399 e. The lowest BCUT2D eigenvalue weighted by atomic mass is 9.44. The van der Waals surface area contributed by atoms with E-state index in [2.05, 4.69) is 26.3 Å². The fraction of sp³-hybridized carbons (Fsp3) is 0.767. The first kappa shape index (κ1) is 24.0. The van der Waals surface area contributed by atoms with Crippen LogP contribution in [0.15, 0.2) is 24.3 Å². The van der Waals surface area contributed by atoms with Gasteiger partial charge in [0.25, 0.3) is 5.91 Å². The lowest BCUT2D eigenvalue weighted by Crippen LogP contribution is -2.53. The number of hydroxylamine groups is 1. The van der Waals surface area contributed by atoms with Gasteiger partial charge in [-0.1, -0.05) is 33.6 Å². The summed E-state index contributed by atoms with van der Waals surface area (Å²) in [6.07, 6.45) is 16.0. The van der Waals surface area contributed by atoms with E-state index in [1.807, 2.05) is 0 Å². The van der Waals surface area contributed by atoms with Crippen molar-refractivity contribution in [3.05, 3.63) is 24.3 Å². The van der Waals surface area contributed by atoms with Gasteiger partial charge in [0, 0.05) is 12.1 Å². The SMILES string of the molecule is CC(CCC(=O)NOc1ccc(N)cc1)[C@H]1CC[C@H]2[C@@H]3CCC4CCCC[C@]4(C)[C@H]3CC[C@]12C. The predicted octanol–water partition coefficient (Wildman–Crippen LogP) is 7.14. The van der Waals surface area contributed by atoms with E-state index in [9.17, 15) is 4.79 Å². The van der Waals surface area contributed by atoms with E-state index in [1.165, 1.54) is 64.2 Å². The fourth-order valence-electron chi connectivity index (χ4n) is 9.53. The maximum atomic E-state index is 12.5. The molecule has 4 heteroatoms. The molecule has 0 aliphatic heterocycles. The molecule has 4 nitrogen and oxygen atoms in total. The topological polar surface area (TPSA) is 64.3 Å². The Labute approximate surface area is 206 Å². The Morgan fingerprint density at radius 3 is 2.56 bits per heavy atom. The highest BCUT2D eigenvalue weighted by Crippen LogP contribution is 2.68. The highest BCUT2D eigenvalue weighted by atomic mass is 16.7. The van der Waals surface area contributed by atoms with Gasteiger partial charge in [-0.3, -0.25) is 4.79 Å². The van der Waals surface area contributed by atoms with Crippen molar-refractivity contribution < 1.29 is 9.63 Å². The zero-order valence-electron chi connectivity index (χ0n) is 21.7. The average molecular weight is 467 g/mol. The Morgan fingerprint density at radius 2 is 1.76 bits per heavy atom. The van der Waals surface area contributed by atoms with Crippen LogP contribution in [-0.4, -0.2) is 5.91 Å². The fourth-order valence-corrected chi connectivity index (χ4v) is 9.53. The number of amides is 1. The Hall–Kier alpha value is -1.71. The summed E-state index contributed by atoms with van der Waals surface area (Å²) in [7, 11) is 0. The van der Waals surface area contributed by atoms with Gasteiger partial charge in [-0.25, -0.2) is 0 Å². The molecule has 4 aliphatic rings. The first-order valence-electron chi connectivity index (χ1n) is 14.1. The molecule has 188 valence electrons. The van der Waals surface area contributed by atoms with Crippen LogP contribution in [0.4, 0.5) is 5.69 Å². The monoisotopic (exact) mass is 466 g/mol. The molecule has 0 saturated heterocycles. The van der Waals surface area contributed by atoms with Gasteiger partial charge in [0.2, 0.25) is 0 Å². The Bertz CT molecular complexity index is 869. The average Bonchev–Trinajstić information content (AvgIpc) is 3.19. The Morgan fingerprint density at radius 1 is 1.00 bits per heavy atom. The Kier molecular flexibility index (Phi) is 6.63. The van der Waals surface area contributed by atoms with Gasteiger partial charge in [-0.2, -0.15) is 5.48 Å². The number of carbonyl (C=O) groups is 1. The second kappa shape index (κ2) is 9.39. The Balaban J connectivity index is 1.17. The molecular weight excluding hydrogens is 420 g/mol. The maximum absolute atomic E-state index is 12.5. The van der Waals surface area contributed by atoms with E-state index in [4.69, 9.17) is 10.6 Å². The van der Waals surface area contributed by atoms with Gasteiger partial charge in [-0.15, -0.1) is 0 Å². The third-order valence-corrected chi connectivity index (χ3v) is 11.3. The van der Waals surface area contributed by atoms with Gasteiger partial charge in [0.15, 0.2) is 5.75 Å². The van der Waals surface area contributed by atoms with Gasteiger partial charge in [0.05, 0.1) is 0 Å². The quantitative estimate of drug-likeness (QED) is 0.346. The molecule has 4 aliphatic carbocycles. The van der Waals surface area contributed by atoms with Crippen molar-refractivity contribution in [2.75, 3.05) is 5.73 Å². The molecule has 34 heavy (non-hydrogen) atoms. The van der Waals surface area contributed by atoms with E-state index in [-0.39, 0.29) is 5.91 Å². The lowest BCUT2D eigenvalue weighted by molar-refractivity contribution is -0.128. The number of nitrogens with two attached hydrogens (primary N) is 1. The zero-order valence-corrected chi connectivity index (χ0v) is 21.7. The number of anilines is 1. The number of fused-ring (bicyclic) bond motifs is 5. The van der Waals surface area contributed by atoms with E-state index < -0.39 is 0 Å². The lowest BCUT2D eigenvalue weighted by Gasteiger charge is -2.61. The van der Waals surface area contributed by atoms with Gasteiger partial charge >= 0.3 is 0 Å². The van der Waals surface area contributed by atoms with E-state index >= 15 is 0 Å². The standard InChI is InChI=1S/C30H46N2O2/c1-20(7-16-28(33)32-34-23-11-9-22(31)10-12-23)25-14-15-26-24-13-8-21-6-4-5-18-29(21,2)27(24)17-19-30(25,26)3/h9-12,20-21,24-27H,4-8,13-19,31H2,1-3H3,(H,32,33)/t20?,21?,24-,25+,26-,27-,29-,30+/m0/s1. The van der Waals surface area contributed by atoms with Crippen LogP contribution < -0.4 is 16.1 Å². The highest BCUT2D eigenvalue weighted by Gasteiger charge is 2.60. The number of benzene rings is 1. The second-order valence-electron chi connectivity index (χ2n) is 12.8. The van der Waals surface area contributed by atoms with Crippen LogP contribution >= 0.6 is 0 Å². The molecule has 1 aromatic carbocycles. The van der Waals surface area contributed by atoms with Gasteiger partial charge in [-0.05, 0) is 128 Å². The van der Waals surface area contributed by atoms with E-state index in [0.29, 0.717) is 34.6 Å². The van der Waals surface area contributed by atoms with Crippen LogP contribution in [0.3, 0.4) is 0 Å². The molecule has 1 amide bonds. The van der Waals surface area contributed by atoms with Crippen molar-refractivity contribution in [2.24, 2.45) is 46.3 Å². The molecule has 8 atom stereocenters. The minimum absolute atomic E-state index is 0.0318. The molecule has 0 bridgehead atoms. The molecule has 0 heterocycles. The van der Waals surface area contributed by atoms with Crippen LogP contribution in [0, 0.1) is 46.3 Å². The van der Waals surface area contributed by atoms with E-state index in [0.717, 1.165) is 36.0 Å². The van der Waals surface area contributed by atoms with Gasteiger partial charge < -0.3 is 10.6 Å². The van der Waals surface area contributed by atoms with Crippen molar-refractivity contribution in [3.63, 3.8) is 0 Å². The minimum atomic E-state index is -0.0318. The largest absolute Gasteiger partial charge is 0.399 e. The van der Waals surface area contributed by atoms with Crippen LogP contribution in [0.2, 0.25) is 0 Å². The molecule has 0 aromatic heterocycles. The third-order valence-electron chi connectivity index (χ3n) is 11.3. The van der Waals surface area contributed by atoms with Crippen molar-refractivity contribution in [2.45, 2.75) is 97.8 Å². The third kappa shape index (κ3) is 4.24. The molecule has 5 rings (SSSR count). The first-order chi connectivity index (χ1) is 16.3. The van der Waals surface area contributed by atoms with Crippen LogP contribution in [0.25, 0.3) is 0 Å². The second-order valence-corrected chi connectivity index (χ2v) is 12.8.